The topological polar surface area (TPSA) is 66.4 Å². The summed E-state index contributed by atoms with van der Waals surface area (Å²) >= 11 is 13.9. The number of hydrogen-bond donors (Lipinski definition) is 2. The van der Waals surface area contributed by atoms with E-state index in [2.05, 4.69) is 5.32 Å². The molecule has 0 unspecified atom stereocenters. The Labute approximate surface area is 126 Å². The number of carboxylic acid groups (broad SMARTS) is 1. The number of halogens is 2. The molecule has 0 atom stereocenters. The van der Waals surface area contributed by atoms with Gasteiger partial charge in [0.15, 0.2) is 0 Å². The highest BCUT2D eigenvalue weighted by molar-refractivity contribution is 7.20. The second-order valence-corrected chi connectivity index (χ2v) is 7.14. The number of carboxylic acids is 1. The highest BCUT2D eigenvalue weighted by atomic mass is 35.5. The number of nitrogens with one attached hydrogen (secondary N) is 1. The number of aromatic carboxylic acids is 1. The molecule has 1 amide bonds. The van der Waals surface area contributed by atoms with E-state index in [1.165, 1.54) is 23.5 Å². The molecule has 0 saturated carbocycles. The number of aryl methyl sites for hydroxylation is 1. The van der Waals surface area contributed by atoms with Gasteiger partial charge in [-0.3, -0.25) is 4.79 Å². The second-order valence-electron chi connectivity index (χ2n) is 3.60. The number of amides is 1. The number of anilines is 1. The molecular formula is C11H7Cl2NO3S2. The molecule has 8 heteroatoms. The molecule has 0 spiro atoms. The van der Waals surface area contributed by atoms with Gasteiger partial charge in [0, 0.05) is 4.88 Å². The Morgan fingerprint density at radius 1 is 1.21 bits per heavy atom. The van der Waals surface area contributed by atoms with Crippen molar-refractivity contribution in [1.29, 1.82) is 0 Å². The van der Waals surface area contributed by atoms with Crippen LogP contribution >= 0.6 is 45.9 Å². The van der Waals surface area contributed by atoms with E-state index in [1.807, 2.05) is 0 Å². The monoisotopic (exact) mass is 335 g/mol. The average Bonchev–Trinajstić information content (AvgIpc) is 2.81. The Balaban J connectivity index is 2.29. The molecule has 2 N–H and O–H groups in total. The van der Waals surface area contributed by atoms with Crippen LogP contribution in [0.1, 0.15) is 25.6 Å². The largest absolute Gasteiger partial charge is 0.478 e. The van der Waals surface area contributed by atoms with Gasteiger partial charge in [-0.15, -0.1) is 22.7 Å². The molecule has 100 valence electrons. The number of hydrogen-bond acceptors (Lipinski definition) is 4. The molecule has 0 aliphatic carbocycles. The van der Waals surface area contributed by atoms with E-state index in [0.717, 1.165) is 16.2 Å². The minimum absolute atomic E-state index is 0.0632. The van der Waals surface area contributed by atoms with Crippen molar-refractivity contribution in [1.82, 2.24) is 0 Å². The summed E-state index contributed by atoms with van der Waals surface area (Å²) < 4.78 is 0.670. The minimum Gasteiger partial charge on any atom is -0.478 e. The third kappa shape index (κ3) is 3.09. The second kappa shape index (κ2) is 5.50. The van der Waals surface area contributed by atoms with Gasteiger partial charge in [-0.25, -0.2) is 4.79 Å². The summed E-state index contributed by atoms with van der Waals surface area (Å²) in [5.74, 6) is -1.56. The SMILES string of the molecule is Cc1cc(C(=O)O)c(NC(=O)c2cc(Cl)sc2Cl)s1. The van der Waals surface area contributed by atoms with Crippen molar-refractivity contribution in [3.05, 3.63) is 36.8 Å². The van der Waals surface area contributed by atoms with E-state index in [9.17, 15) is 9.59 Å². The van der Waals surface area contributed by atoms with Crippen molar-refractivity contribution in [3.63, 3.8) is 0 Å². The molecule has 2 aromatic rings. The summed E-state index contributed by atoms with van der Waals surface area (Å²) in [6, 6.07) is 2.95. The Hall–Kier alpha value is -1.08. The fourth-order valence-corrected chi connectivity index (χ4v) is 3.79. The predicted molar refractivity (Wildman–Crippen MR) is 78.3 cm³/mol. The first-order valence-corrected chi connectivity index (χ1v) is 7.37. The summed E-state index contributed by atoms with van der Waals surface area (Å²) in [6.07, 6.45) is 0. The molecule has 0 aromatic carbocycles. The summed E-state index contributed by atoms with van der Waals surface area (Å²) in [6.45, 7) is 1.77. The van der Waals surface area contributed by atoms with Gasteiger partial charge in [-0.05, 0) is 19.1 Å². The molecule has 0 saturated heterocycles. The first kappa shape index (κ1) is 14.3. The van der Waals surface area contributed by atoms with Gasteiger partial charge >= 0.3 is 5.97 Å². The maximum atomic E-state index is 12.0. The van der Waals surface area contributed by atoms with Crippen molar-refractivity contribution in [2.24, 2.45) is 0 Å². The van der Waals surface area contributed by atoms with Gasteiger partial charge in [0.2, 0.25) is 0 Å². The van der Waals surface area contributed by atoms with Crippen LogP contribution in [0.3, 0.4) is 0 Å². The van der Waals surface area contributed by atoms with Crippen molar-refractivity contribution < 1.29 is 14.7 Å². The van der Waals surface area contributed by atoms with E-state index < -0.39 is 11.9 Å². The molecule has 4 nitrogen and oxygen atoms in total. The van der Waals surface area contributed by atoms with Crippen LogP contribution in [-0.4, -0.2) is 17.0 Å². The van der Waals surface area contributed by atoms with Crippen molar-refractivity contribution >= 4 is 62.8 Å². The van der Waals surface area contributed by atoms with Gasteiger partial charge in [0.25, 0.3) is 5.91 Å². The molecule has 2 aromatic heterocycles. The first-order valence-electron chi connectivity index (χ1n) is 4.98. The molecular weight excluding hydrogens is 329 g/mol. The average molecular weight is 336 g/mol. The molecule has 19 heavy (non-hydrogen) atoms. The molecule has 2 heterocycles. The van der Waals surface area contributed by atoms with Crippen LogP contribution in [0.5, 0.6) is 0 Å². The van der Waals surface area contributed by atoms with E-state index in [-0.39, 0.29) is 20.5 Å². The molecule has 0 radical (unpaired) electrons. The number of carbonyl (C=O) groups is 2. The number of carbonyl (C=O) groups excluding carboxylic acids is 1. The van der Waals surface area contributed by atoms with Gasteiger partial charge in [-0.1, -0.05) is 23.2 Å². The lowest BCUT2D eigenvalue weighted by Crippen LogP contribution is -2.12. The van der Waals surface area contributed by atoms with Crippen LogP contribution < -0.4 is 5.32 Å². The van der Waals surface area contributed by atoms with Crippen LogP contribution in [0.15, 0.2) is 12.1 Å². The third-order valence-corrected chi connectivity index (χ3v) is 4.67. The normalized spacial score (nSPS) is 10.5. The summed E-state index contributed by atoms with van der Waals surface area (Å²) in [5.41, 5.74) is 0.298. The number of thiophene rings is 2. The lowest BCUT2D eigenvalue weighted by atomic mass is 10.3. The lowest BCUT2D eigenvalue weighted by molar-refractivity contribution is 0.0698. The van der Waals surface area contributed by atoms with Crippen LogP contribution in [0, 0.1) is 6.92 Å². The fourth-order valence-electron chi connectivity index (χ4n) is 1.43. The lowest BCUT2D eigenvalue weighted by Gasteiger charge is -2.02. The Morgan fingerprint density at radius 2 is 1.89 bits per heavy atom. The summed E-state index contributed by atoms with van der Waals surface area (Å²) in [7, 11) is 0. The highest BCUT2D eigenvalue weighted by Gasteiger charge is 2.19. The molecule has 2 rings (SSSR count). The zero-order valence-corrected chi connectivity index (χ0v) is 12.6. The highest BCUT2D eigenvalue weighted by Crippen LogP contribution is 2.33. The van der Waals surface area contributed by atoms with E-state index >= 15 is 0 Å². The zero-order chi connectivity index (χ0) is 14.2. The van der Waals surface area contributed by atoms with Crippen molar-refractivity contribution in [2.75, 3.05) is 5.32 Å². The zero-order valence-electron chi connectivity index (χ0n) is 9.49. The minimum atomic E-state index is -1.09. The molecule has 0 bridgehead atoms. The smallest absolute Gasteiger partial charge is 0.338 e. The summed E-state index contributed by atoms with van der Waals surface area (Å²) in [4.78, 5) is 23.8. The van der Waals surface area contributed by atoms with Crippen LogP contribution in [0.25, 0.3) is 0 Å². The Morgan fingerprint density at radius 3 is 2.42 bits per heavy atom. The predicted octanol–water partition coefficient (Wildman–Crippen LogP) is 4.38. The third-order valence-electron chi connectivity index (χ3n) is 2.21. The van der Waals surface area contributed by atoms with E-state index in [0.29, 0.717) is 4.34 Å². The maximum absolute atomic E-state index is 12.0. The molecule has 0 aliphatic heterocycles. The van der Waals surface area contributed by atoms with E-state index in [1.54, 1.807) is 6.92 Å². The van der Waals surface area contributed by atoms with E-state index in [4.69, 9.17) is 28.3 Å². The standard InChI is InChI=1S/C11H7Cl2NO3S2/c1-4-2-6(11(16)17)10(18-4)14-9(15)5-3-7(12)19-8(5)13/h2-3H,1H3,(H,14,15)(H,16,17). The summed E-state index contributed by atoms with van der Waals surface area (Å²) in [5, 5.41) is 11.9. The fraction of sp³-hybridized carbons (Fsp3) is 0.0909. The van der Waals surface area contributed by atoms with Crippen molar-refractivity contribution in [3.8, 4) is 0 Å². The Kier molecular flexibility index (Phi) is 4.15. The molecule has 0 fully saturated rings. The van der Waals surface area contributed by atoms with Gasteiger partial charge < -0.3 is 10.4 Å². The van der Waals surface area contributed by atoms with Crippen LogP contribution in [0.2, 0.25) is 8.67 Å². The van der Waals surface area contributed by atoms with Gasteiger partial charge in [0.1, 0.15) is 9.34 Å². The van der Waals surface area contributed by atoms with Crippen LogP contribution in [-0.2, 0) is 0 Å². The van der Waals surface area contributed by atoms with Crippen LogP contribution in [0.4, 0.5) is 5.00 Å². The quantitative estimate of drug-likeness (QED) is 0.874. The van der Waals surface area contributed by atoms with Gasteiger partial charge in [0.05, 0.1) is 15.5 Å². The van der Waals surface area contributed by atoms with Gasteiger partial charge in [-0.2, -0.15) is 0 Å². The Bertz CT molecular complexity index is 663. The first-order chi connectivity index (χ1) is 8.88. The maximum Gasteiger partial charge on any atom is 0.338 e. The molecule has 0 aliphatic rings. The number of rotatable bonds is 3. The van der Waals surface area contributed by atoms with Crippen molar-refractivity contribution in [2.45, 2.75) is 6.92 Å².